The lowest BCUT2D eigenvalue weighted by Gasteiger charge is -2.15. The third-order valence-electron chi connectivity index (χ3n) is 2.54. The first-order valence-corrected chi connectivity index (χ1v) is 5.77. The summed E-state index contributed by atoms with van der Waals surface area (Å²) in [6.07, 6.45) is 3.23. The van der Waals surface area contributed by atoms with Crippen molar-refractivity contribution in [2.75, 3.05) is 0 Å². The van der Waals surface area contributed by atoms with E-state index in [0.717, 1.165) is 0 Å². The smallest absolute Gasteiger partial charge is 0.200 e. The van der Waals surface area contributed by atoms with Gasteiger partial charge >= 0.3 is 0 Å². The zero-order chi connectivity index (χ0) is 15.4. The number of benzene rings is 1. The predicted octanol–water partition coefficient (Wildman–Crippen LogP) is 4.94. The molecule has 0 heterocycles. The van der Waals surface area contributed by atoms with Gasteiger partial charge in [-0.2, -0.15) is 0 Å². The van der Waals surface area contributed by atoms with Crippen LogP contribution in [-0.4, -0.2) is 0 Å². The quantitative estimate of drug-likeness (QED) is 0.251. The summed E-state index contributed by atoms with van der Waals surface area (Å²) in [6, 6.07) is 0. The van der Waals surface area contributed by atoms with E-state index in [1.807, 2.05) is 0 Å². The molecule has 0 aliphatic carbocycles. The van der Waals surface area contributed by atoms with Gasteiger partial charge in [0.15, 0.2) is 23.3 Å². The lowest BCUT2D eigenvalue weighted by atomic mass is 10.1. The van der Waals surface area contributed by atoms with Gasteiger partial charge in [-0.1, -0.05) is 12.2 Å². The SMILES string of the molecule is C/C=C/C(C)=C/O[C@@H](C)c1c(F)c(F)c(F)c(F)c1F. The highest BCUT2D eigenvalue weighted by Crippen LogP contribution is 2.29. The third kappa shape index (κ3) is 3.18. The summed E-state index contributed by atoms with van der Waals surface area (Å²) in [5.41, 5.74) is -0.367. The standard InChI is InChI=1S/C14H13F5O/c1-4-5-7(2)6-20-8(3)9-10(15)12(17)14(19)13(18)11(9)16/h4-6,8H,1-3H3/b5-4+,7-6+/t8-/m0/s1. The van der Waals surface area contributed by atoms with Crippen molar-refractivity contribution in [3.63, 3.8) is 0 Å². The Kier molecular flexibility index (Phi) is 5.30. The van der Waals surface area contributed by atoms with E-state index in [-0.39, 0.29) is 0 Å². The molecule has 0 N–H and O–H groups in total. The summed E-state index contributed by atoms with van der Waals surface area (Å²) in [7, 11) is 0. The second-order valence-corrected chi connectivity index (χ2v) is 4.12. The van der Waals surface area contributed by atoms with E-state index in [1.165, 1.54) is 13.2 Å². The fraction of sp³-hybridized carbons (Fsp3) is 0.286. The van der Waals surface area contributed by atoms with Crippen LogP contribution in [0.25, 0.3) is 0 Å². The Hall–Kier alpha value is -1.85. The molecule has 0 amide bonds. The van der Waals surface area contributed by atoms with Gasteiger partial charge in [0.05, 0.1) is 11.8 Å². The van der Waals surface area contributed by atoms with Gasteiger partial charge in [0, 0.05) is 0 Å². The molecule has 0 aromatic heterocycles. The fourth-order valence-electron chi connectivity index (χ4n) is 1.56. The van der Waals surface area contributed by atoms with Crippen LogP contribution in [-0.2, 0) is 4.74 Å². The molecular weight excluding hydrogens is 279 g/mol. The predicted molar refractivity (Wildman–Crippen MR) is 64.3 cm³/mol. The Balaban J connectivity index is 3.17. The molecular formula is C14H13F5O. The maximum atomic E-state index is 13.5. The molecule has 0 saturated heterocycles. The minimum absolute atomic E-state index is 0.628. The van der Waals surface area contributed by atoms with Gasteiger partial charge in [0.2, 0.25) is 5.82 Å². The monoisotopic (exact) mass is 292 g/mol. The average Bonchev–Trinajstić information content (AvgIpc) is 2.41. The van der Waals surface area contributed by atoms with Crippen LogP contribution in [0.1, 0.15) is 32.4 Å². The minimum atomic E-state index is -2.18. The maximum Gasteiger partial charge on any atom is 0.200 e. The Bertz CT molecular complexity index is 534. The Morgan fingerprint density at radius 2 is 1.40 bits per heavy atom. The zero-order valence-corrected chi connectivity index (χ0v) is 11.1. The average molecular weight is 292 g/mol. The first-order chi connectivity index (χ1) is 9.31. The van der Waals surface area contributed by atoms with Crippen LogP contribution in [0, 0.1) is 29.1 Å². The molecule has 0 spiro atoms. The molecule has 0 saturated carbocycles. The van der Waals surface area contributed by atoms with Crippen molar-refractivity contribution in [1.29, 1.82) is 0 Å². The molecule has 0 aliphatic heterocycles. The van der Waals surface area contributed by atoms with Crippen molar-refractivity contribution in [1.82, 2.24) is 0 Å². The summed E-state index contributed by atoms with van der Waals surface area (Å²) in [5, 5.41) is 0. The van der Waals surface area contributed by atoms with E-state index in [4.69, 9.17) is 4.74 Å². The molecule has 20 heavy (non-hydrogen) atoms. The number of hydrogen-bond donors (Lipinski definition) is 0. The first-order valence-electron chi connectivity index (χ1n) is 5.77. The second-order valence-electron chi connectivity index (χ2n) is 4.12. The number of allylic oxidation sites excluding steroid dienone is 3. The van der Waals surface area contributed by atoms with E-state index < -0.39 is 40.8 Å². The highest BCUT2D eigenvalue weighted by atomic mass is 19.2. The van der Waals surface area contributed by atoms with Gasteiger partial charge < -0.3 is 4.74 Å². The van der Waals surface area contributed by atoms with Gasteiger partial charge in [-0.05, 0) is 26.3 Å². The van der Waals surface area contributed by atoms with Crippen LogP contribution in [0.15, 0.2) is 24.0 Å². The number of rotatable bonds is 4. The van der Waals surface area contributed by atoms with Crippen molar-refractivity contribution >= 4 is 0 Å². The van der Waals surface area contributed by atoms with Crippen molar-refractivity contribution in [2.24, 2.45) is 0 Å². The van der Waals surface area contributed by atoms with Crippen molar-refractivity contribution in [2.45, 2.75) is 26.9 Å². The number of ether oxygens (including phenoxy) is 1. The molecule has 1 rings (SSSR count). The van der Waals surface area contributed by atoms with E-state index in [0.29, 0.717) is 5.57 Å². The summed E-state index contributed by atoms with van der Waals surface area (Å²) in [4.78, 5) is 0. The first kappa shape index (κ1) is 16.2. The van der Waals surface area contributed by atoms with Crippen LogP contribution < -0.4 is 0 Å². The van der Waals surface area contributed by atoms with Crippen LogP contribution in [0.4, 0.5) is 22.0 Å². The molecule has 110 valence electrons. The van der Waals surface area contributed by atoms with Crippen LogP contribution in [0.2, 0.25) is 0 Å². The molecule has 0 fully saturated rings. The van der Waals surface area contributed by atoms with Gasteiger partial charge in [0.25, 0.3) is 0 Å². The van der Waals surface area contributed by atoms with Gasteiger partial charge in [-0.15, -0.1) is 0 Å². The van der Waals surface area contributed by atoms with E-state index in [1.54, 1.807) is 26.0 Å². The van der Waals surface area contributed by atoms with Crippen molar-refractivity contribution < 1.29 is 26.7 Å². The Labute approximate surface area is 113 Å². The minimum Gasteiger partial charge on any atom is -0.493 e. The van der Waals surface area contributed by atoms with Crippen LogP contribution >= 0.6 is 0 Å². The molecule has 1 atom stereocenters. The zero-order valence-electron chi connectivity index (χ0n) is 11.1. The Morgan fingerprint density at radius 1 is 0.950 bits per heavy atom. The summed E-state index contributed by atoms with van der Waals surface area (Å²) in [6.45, 7) is 4.60. The Morgan fingerprint density at radius 3 is 1.85 bits per heavy atom. The summed E-state index contributed by atoms with van der Waals surface area (Å²) >= 11 is 0. The number of hydrogen-bond acceptors (Lipinski definition) is 1. The second kappa shape index (κ2) is 6.54. The van der Waals surface area contributed by atoms with Crippen molar-refractivity contribution in [3.05, 3.63) is 58.6 Å². The van der Waals surface area contributed by atoms with E-state index >= 15 is 0 Å². The summed E-state index contributed by atoms with van der Waals surface area (Å²) < 4.78 is 70.9. The fourth-order valence-corrected chi connectivity index (χ4v) is 1.56. The third-order valence-corrected chi connectivity index (χ3v) is 2.54. The lowest BCUT2D eigenvalue weighted by Crippen LogP contribution is -2.10. The molecule has 1 aromatic rings. The summed E-state index contributed by atoms with van der Waals surface area (Å²) in [5.74, 6) is -9.92. The topological polar surface area (TPSA) is 9.23 Å². The molecule has 1 nitrogen and oxygen atoms in total. The molecule has 1 aromatic carbocycles. The molecule has 0 bridgehead atoms. The maximum absolute atomic E-state index is 13.5. The largest absolute Gasteiger partial charge is 0.493 e. The normalized spacial score (nSPS) is 13.9. The molecule has 6 heteroatoms. The number of halogens is 5. The molecule has 0 radical (unpaired) electrons. The van der Waals surface area contributed by atoms with Crippen LogP contribution in [0.5, 0.6) is 0 Å². The van der Waals surface area contributed by atoms with Gasteiger partial charge in [0.1, 0.15) is 6.10 Å². The highest BCUT2D eigenvalue weighted by Gasteiger charge is 2.29. The molecule has 0 unspecified atom stereocenters. The van der Waals surface area contributed by atoms with E-state index in [9.17, 15) is 22.0 Å². The lowest BCUT2D eigenvalue weighted by molar-refractivity contribution is 0.150. The molecule has 0 aliphatic rings. The van der Waals surface area contributed by atoms with Gasteiger partial charge in [-0.3, -0.25) is 0 Å². The van der Waals surface area contributed by atoms with Crippen molar-refractivity contribution in [3.8, 4) is 0 Å². The van der Waals surface area contributed by atoms with E-state index in [2.05, 4.69) is 0 Å². The van der Waals surface area contributed by atoms with Gasteiger partial charge in [-0.25, -0.2) is 22.0 Å². The van der Waals surface area contributed by atoms with Crippen LogP contribution in [0.3, 0.4) is 0 Å². The highest BCUT2D eigenvalue weighted by molar-refractivity contribution is 5.26.